The normalized spacial score (nSPS) is 22.7. The summed E-state index contributed by atoms with van der Waals surface area (Å²) in [6.45, 7) is 3.98. The lowest BCUT2D eigenvalue weighted by atomic mass is 10.0. The molecule has 2 atom stereocenters. The summed E-state index contributed by atoms with van der Waals surface area (Å²) in [6.07, 6.45) is 1.06. The summed E-state index contributed by atoms with van der Waals surface area (Å²) < 4.78 is 13.4. The van der Waals surface area contributed by atoms with Gasteiger partial charge in [0.2, 0.25) is 5.91 Å². The molecule has 2 aromatic carbocycles. The van der Waals surface area contributed by atoms with E-state index in [9.17, 15) is 9.18 Å². The molecule has 1 aliphatic heterocycles. The van der Waals surface area contributed by atoms with Crippen molar-refractivity contribution in [2.24, 2.45) is 0 Å². The Kier molecular flexibility index (Phi) is 5.23. The number of benzene rings is 2. The summed E-state index contributed by atoms with van der Waals surface area (Å²) in [5, 5.41) is 3.41. The molecule has 1 saturated heterocycles. The van der Waals surface area contributed by atoms with Crippen molar-refractivity contribution in [1.82, 2.24) is 15.1 Å². The van der Waals surface area contributed by atoms with Gasteiger partial charge >= 0.3 is 0 Å². The van der Waals surface area contributed by atoms with E-state index < -0.39 is 0 Å². The molecule has 0 unspecified atom stereocenters. The zero-order valence-electron chi connectivity index (χ0n) is 15.7. The van der Waals surface area contributed by atoms with E-state index in [0.717, 1.165) is 43.7 Å². The molecule has 142 valence electrons. The Morgan fingerprint density at radius 3 is 2.52 bits per heavy atom. The van der Waals surface area contributed by atoms with Gasteiger partial charge in [-0.05, 0) is 42.3 Å². The fourth-order valence-electron chi connectivity index (χ4n) is 3.77. The van der Waals surface area contributed by atoms with Crippen molar-refractivity contribution in [2.45, 2.75) is 18.4 Å². The van der Waals surface area contributed by atoms with Crippen LogP contribution >= 0.6 is 0 Å². The van der Waals surface area contributed by atoms with Gasteiger partial charge in [0.15, 0.2) is 0 Å². The zero-order chi connectivity index (χ0) is 18.8. The predicted octanol–water partition coefficient (Wildman–Crippen LogP) is 2.71. The lowest BCUT2D eigenvalue weighted by Crippen LogP contribution is -2.49. The second-order valence-electron chi connectivity index (χ2n) is 7.65. The number of hydrogen-bond acceptors (Lipinski definition) is 3. The first-order chi connectivity index (χ1) is 13.1. The third-order valence-electron chi connectivity index (χ3n) is 5.66. The SMILES string of the molecule is CN1CCN(C(=O)CN[C@@H]2C[C@H]2c2ccc(-c3cccc(F)c3)cc2)CC1. The lowest BCUT2D eigenvalue weighted by molar-refractivity contribution is -0.131. The fraction of sp³-hybridized carbons (Fsp3) is 0.409. The van der Waals surface area contributed by atoms with E-state index in [1.807, 2.05) is 11.0 Å². The topological polar surface area (TPSA) is 35.6 Å². The molecule has 2 aliphatic rings. The van der Waals surface area contributed by atoms with Crippen LogP contribution in [0.3, 0.4) is 0 Å². The van der Waals surface area contributed by atoms with Crippen molar-refractivity contribution in [3.8, 4) is 11.1 Å². The highest BCUT2D eigenvalue weighted by Crippen LogP contribution is 2.41. The van der Waals surface area contributed by atoms with E-state index in [2.05, 4.69) is 41.5 Å². The van der Waals surface area contributed by atoms with Crippen LogP contribution in [-0.4, -0.2) is 61.5 Å². The molecule has 27 heavy (non-hydrogen) atoms. The number of piperazine rings is 1. The Bertz CT molecular complexity index is 799. The molecule has 1 heterocycles. The summed E-state index contributed by atoms with van der Waals surface area (Å²) in [6, 6.07) is 15.4. The predicted molar refractivity (Wildman–Crippen MR) is 105 cm³/mol. The molecular weight excluding hydrogens is 341 g/mol. The van der Waals surface area contributed by atoms with Gasteiger partial charge in [-0.3, -0.25) is 4.79 Å². The van der Waals surface area contributed by atoms with Gasteiger partial charge in [-0.15, -0.1) is 0 Å². The minimum Gasteiger partial charge on any atom is -0.339 e. The molecule has 0 bridgehead atoms. The van der Waals surface area contributed by atoms with Crippen LogP contribution in [0.15, 0.2) is 48.5 Å². The van der Waals surface area contributed by atoms with E-state index in [1.54, 1.807) is 12.1 Å². The van der Waals surface area contributed by atoms with Gasteiger partial charge in [-0.2, -0.15) is 0 Å². The molecule has 4 rings (SSSR count). The quantitative estimate of drug-likeness (QED) is 0.883. The first-order valence-electron chi connectivity index (χ1n) is 9.66. The summed E-state index contributed by atoms with van der Waals surface area (Å²) in [5.74, 6) is 0.454. The van der Waals surface area contributed by atoms with Crippen LogP contribution in [0.25, 0.3) is 11.1 Å². The third-order valence-corrected chi connectivity index (χ3v) is 5.66. The number of rotatable bonds is 5. The summed E-state index contributed by atoms with van der Waals surface area (Å²) in [7, 11) is 2.09. The molecule has 0 radical (unpaired) electrons. The number of halogens is 1. The Labute approximate surface area is 160 Å². The van der Waals surface area contributed by atoms with Gasteiger partial charge < -0.3 is 15.1 Å². The molecule has 0 spiro atoms. The van der Waals surface area contributed by atoms with Crippen molar-refractivity contribution >= 4 is 5.91 Å². The van der Waals surface area contributed by atoms with E-state index in [1.165, 1.54) is 11.6 Å². The Hall–Kier alpha value is -2.24. The molecule has 0 aromatic heterocycles. The smallest absolute Gasteiger partial charge is 0.236 e. The number of amides is 1. The number of nitrogens with one attached hydrogen (secondary N) is 1. The lowest BCUT2D eigenvalue weighted by Gasteiger charge is -2.32. The maximum atomic E-state index is 13.4. The van der Waals surface area contributed by atoms with Crippen molar-refractivity contribution in [1.29, 1.82) is 0 Å². The first-order valence-corrected chi connectivity index (χ1v) is 9.66. The average molecular weight is 367 g/mol. The maximum absolute atomic E-state index is 13.4. The zero-order valence-corrected chi connectivity index (χ0v) is 15.7. The fourth-order valence-corrected chi connectivity index (χ4v) is 3.77. The van der Waals surface area contributed by atoms with Crippen LogP contribution in [0.5, 0.6) is 0 Å². The maximum Gasteiger partial charge on any atom is 0.236 e. The van der Waals surface area contributed by atoms with Crippen LogP contribution in [0.2, 0.25) is 0 Å². The Morgan fingerprint density at radius 1 is 1.07 bits per heavy atom. The average Bonchev–Trinajstić information content (AvgIpc) is 3.46. The monoisotopic (exact) mass is 367 g/mol. The highest BCUT2D eigenvalue weighted by Gasteiger charge is 2.38. The molecule has 1 aliphatic carbocycles. The highest BCUT2D eigenvalue weighted by molar-refractivity contribution is 5.78. The number of hydrogen-bond donors (Lipinski definition) is 1. The summed E-state index contributed by atoms with van der Waals surface area (Å²) in [4.78, 5) is 16.5. The second-order valence-corrected chi connectivity index (χ2v) is 7.65. The van der Waals surface area contributed by atoms with Crippen LogP contribution in [0, 0.1) is 5.82 Å². The Morgan fingerprint density at radius 2 is 1.81 bits per heavy atom. The highest BCUT2D eigenvalue weighted by atomic mass is 19.1. The molecule has 2 aromatic rings. The molecule has 1 saturated carbocycles. The van der Waals surface area contributed by atoms with E-state index in [4.69, 9.17) is 0 Å². The van der Waals surface area contributed by atoms with Gasteiger partial charge in [0, 0.05) is 38.1 Å². The van der Waals surface area contributed by atoms with Gasteiger partial charge in [0.1, 0.15) is 5.82 Å². The number of carbonyl (C=O) groups excluding carboxylic acids is 1. The molecule has 4 nitrogen and oxygen atoms in total. The standard InChI is InChI=1S/C22H26FN3O/c1-25-9-11-26(12-10-25)22(27)15-24-21-14-20(21)17-7-5-16(6-8-17)18-3-2-4-19(23)13-18/h2-8,13,20-21,24H,9-12,14-15H2,1H3/t20-,21+/m0/s1. The minimum atomic E-state index is -0.215. The van der Waals surface area contributed by atoms with Crippen LogP contribution in [0.1, 0.15) is 17.9 Å². The van der Waals surface area contributed by atoms with Crippen molar-refractivity contribution in [2.75, 3.05) is 39.8 Å². The van der Waals surface area contributed by atoms with Gasteiger partial charge in [-0.1, -0.05) is 36.4 Å². The van der Waals surface area contributed by atoms with E-state index in [-0.39, 0.29) is 11.7 Å². The van der Waals surface area contributed by atoms with Crippen LogP contribution in [0.4, 0.5) is 4.39 Å². The van der Waals surface area contributed by atoms with Gasteiger partial charge in [-0.25, -0.2) is 4.39 Å². The van der Waals surface area contributed by atoms with Crippen LogP contribution in [-0.2, 0) is 4.79 Å². The van der Waals surface area contributed by atoms with Crippen LogP contribution < -0.4 is 5.32 Å². The van der Waals surface area contributed by atoms with Crippen molar-refractivity contribution in [3.05, 3.63) is 59.9 Å². The largest absolute Gasteiger partial charge is 0.339 e. The van der Waals surface area contributed by atoms with Gasteiger partial charge in [0.05, 0.1) is 6.54 Å². The molecular formula is C22H26FN3O. The number of nitrogens with zero attached hydrogens (tertiary/aromatic N) is 2. The molecule has 1 N–H and O–H groups in total. The molecule has 2 fully saturated rings. The number of carbonyl (C=O) groups is 1. The molecule has 1 amide bonds. The summed E-state index contributed by atoms with van der Waals surface area (Å²) in [5.41, 5.74) is 3.19. The molecule has 5 heteroatoms. The Balaban J connectivity index is 1.28. The van der Waals surface area contributed by atoms with Gasteiger partial charge in [0.25, 0.3) is 0 Å². The summed E-state index contributed by atoms with van der Waals surface area (Å²) >= 11 is 0. The minimum absolute atomic E-state index is 0.204. The number of likely N-dealkylation sites (N-methyl/N-ethyl adjacent to an activating group) is 1. The van der Waals surface area contributed by atoms with Crippen molar-refractivity contribution < 1.29 is 9.18 Å². The van der Waals surface area contributed by atoms with E-state index >= 15 is 0 Å². The third kappa shape index (κ3) is 4.37. The van der Waals surface area contributed by atoms with E-state index in [0.29, 0.717) is 18.5 Å². The first kappa shape index (κ1) is 18.1. The van der Waals surface area contributed by atoms with Crippen molar-refractivity contribution in [3.63, 3.8) is 0 Å². The second kappa shape index (κ2) is 7.79.